The molecule has 10 nitrogen and oxygen atoms in total. The maximum absolute atomic E-state index is 13.7. The van der Waals surface area contributed by atoms with Gasteiger partial charge in [-0.25, -0.2) is 9.78 Å². The number of benzene rings is 1. The largest absolute Gasteiger partial charge is 0.446 e. The highest BCUT2D eigenvalue weighted by Gasteiger charge is 2.41. The lowest BCUT2D eigenvalue weighted by molar-refractivity contribution is -0.141. The van der Waals surface area contributed by atoms with Crippen LogP contribution >= 0.6 is 0 Å². The van der Waals surface area contributed by atoms with E-state index in [9.17, 15) is 14.4 Å². The third kappa shape index (κ3) is 8.66. The Hall–Kier alpha value is -3.18. The fourth-order valence-corrected chi connectivity index (χ4v) is 5.78. The highest BCUT2D eigenvalue weighted by Crippen LogP contribution is 2.29. The zero-order chi connectivity index (χ0) is 29.4. The number of rotatable bonds is 12. The predicted octanol–water partition coefficient (Wildman–Crippen LogP) is 4.65. The van der Waals surface area contributed by atoms with Gasteiger partial charge in [0, 0.05) is 6.54 Å². The zero-order valence-corrected chi connectivity index (χ0v) is 25.7. The van der Waals surface area contributed by atoms with Crippen molar-refractivity contribution in [1.82, 2.24) is 20.5 Å². The Kier molecular flexibility index (Phi) is 10.9. The van der Waals surface area contributed by atoms with Gasteiger partial charge in [0.05, 0.1) is 12.2 Å². The zero-order valence-electron chi connectivity index (χ0n) is 24.7. The van der Waals surface area contributed by atoms with Gasteiger partial charge in [-0.2, -0.15) is 0 Å². The number of likely N-dealkylation sites (tertiary alicyclic amines) is 1. The van der Waals surface area contributed by atoms with E-state index in [0.717, 1.165) is 5.56 Å². The molecule has 1 aliphatic rings. The summed E-state index contributed by atoms with van der Waals surface area (Å²) in [5, 5.41) is 5.88. The maximum Gasteiger partial charge on any atom is 0.408 e. The van der Waals surface area contributed by atoms with E-state index in [2.05, 4.69) is 35.3 Å². The number of ether oxygens (including phenoxy) is 1. The topological polar surface area (TPSA) is 123 Å². The van der Waals surface area contributed by atoms with E-state index in [4.69, 9.17) is 13.6 Å². The minimum atomic E-state index is -2.04. The number of nitrogens with one attached hydrogen (secondary N) is 2. The minimum absolute atomic E-state index is 0.00668. The lowest BCUT2D eigenvalue weighted by Crippen LogP contribution is -2.57. The summed E-state index contributed by atoms with van der Waals surface area (Å²) in [6.45, 7) is 14.5. The smallest absolute Gasteiger partial charge is 0.408 e. The van der Waals surface area contributed by atoms with Gasteiger partial charge >= 0.3 is 6.09 Å². The van der Waals surface area contributed by atoms with Gasteiger partial charge < -0.3 is 29.1 Å². The highest BCUT2D eigenvalue weighted by molar-refractivity contribution is 6.69. The molecule has 0 aliphatic carbocycles. The fourth-order valence-electron chi connectivity index (χ4n) is 4.77. The standard InChI is InChI=1S/C29H44N4O6Si/c1-19(2)23(25(39-40(5,6)7)27-30-15-17-37-27)31-26(34)22-14-11-16-33(22)28(35)24(20(3)4)32-29(36)38-18-21-12-9-8-10-13-21/h8-10,12-13,15,17,19-20,22-25H,11,14,16,18H2,1-7H3,(H,31,34)(H,32,36)/t22-,23-,24-,25?/m0/s1. The molecule has 1 unspecified atom stereocenters. The van der Waals surface area contributed by atoms with Crippen LogP contribution in [0.2, 0.25) is 19.6 Å². The molecule has 3 rings (SSSR count). The number of carbonyl (C=O) groups is 3. The summed E-state index contributed by atoms with van der Waals surface area (Å²) >= 11 is 0. The van der Waals surface area contributed by atoms with E-state index >= 15 is 0 Å². The van der Waals surface area contributed by atoms with Crippen LogP contribution in [0.15, 0.2) is 47.2 Å². The number of nitrogens with zero attached hydrogens (tertiary/aromatic N) is 2. The quantitative estimate of drug-likeness (QED) is 0.355. The molecule has 2 aromatic rings. The average molecular weight is 573 g/mol. The molecular weight excluding hydrogens is 528 g/mol. The molecule has 1 aliphatic heterocycles. The van der Waals surface area contributed by atoms with E-state index in [0.29, 0.717) is 25.3 Å². The third-order valence-corrected chi connectivity index (χ3v) is 7.75. The van der Waals surface area contributed by atoms with Crippen LogP contribution in [0.1, 0.15) is 58.1 Å². The number of alkyl carbamates (subject to hydrolysis) is 1. The lowest BCUT2D eigenvalue weighted by Gasteiger charge is -2.35. The van der Waals surface area contributed by atoms with Gasteiger partial charge in [-0.15, -0.1) is 0 Å². The van der Waals surface area contributed by atoms with Crippen molar-refractivity contribution in [2.24, 2.45) is 11.8 Å². The molecule has 220 valence electrons. The van der Waals surface area contributed by atoms with E-state index in [1.165, 1.54) is 6.26 Å². The second-order valence-corrected chi connectivity index (χ2v) is 16.4. The van der Waals surface area contributed by atoms with Crippen LogP contribution in [-0.4, -0.2) is 60.8 Å². The maximum atomic E-state index is 13.7. The summed E-state index contributed by atoms with van der Waals surface area (Å²) in [4.78, 5) is 45.8. The molecule has 4 atom stereocenters. The van der Waals surface area contributed by atoms with E-state index in [1.54, 1.807) is 11.1 Å². The fraction of sp³-hybridized carbons (Fsp3) is 0.586. The van der Waals surface area contributed by atoms with Crippen LogP contribution in [0, 0.1) is 11.8 Å². The molecule has 0 bridgehead atoms. The monoisotopic (exact) mass is 572 g/mol. The van der Waals surface area contributed by atoms with Gasteiger partial charge in [0.25, 0.3) is 0 Å². The van der Waals surface area contributed by atoms with Crippen LogP contribution in [0.5, 0.6) is 0 Å². The van der Waals surface area contributed by atoms with E-state index in [-0.39, 0.29) is 30.3 Å². The second kappa shape index (κ2) is 13.9. The summed E-state index contributed by atoms with van der Waals surface area (Å²) in [6.07, 6.45) is 3.05. The second-order valence-electron chi connectivity index (χ2n) is 11.9. The molecule has 1 aromatic carbocycles. The number of hydrogen-bond donors (Lipinski definition) is 2. The summed E-state index contributed by atoms with van der Waals surface area (Å²) in [7, 11) is -2.04. The Labute approximate surface area is 238 Å². The number of hydrogen-bond acceptors (Lipinski definition) is 7. The first-order valence-corrected chi connectivity index (χ1v) is 17.4. The van der Waals surface area contributed by atoms with Crippen molar-refractivity contribution in [3.05, 3.63) is 54.2 Å². The van der Waals surface area contributed by atoms with Gasteiger partial charge in [0.1, 0.15) is 31.1 Å². The molecule has 40 heavy (non-hydrogen) atoms. The van der Waals surface area contributed by atoms with Crippen LogP contribution in [0.4, 0.5) is 4.79 Å². The molecule has 1 aromatic heterocycles. The summed E-state index contributed by atoms with van der Waals surface area (Å²) in [5.41, 5.74) is 0.849. The van der Waals surface area contributed by atoms with Crippen molar-refractivity contribution in [2.75, 3.05) is 6.54 Å². The molecule has 2 N–H and O–H groups in total. The molecule has 1 saturated heterocycles. The van der Waals surface area contributed by atoms with Crippen molar-refractivity contribution >= 4 is 26.2 Å². The van der Waals surface area contributed by atoms with Gasteiger partial charge in [0.2, 0.25) is 17.7 Å². The molecule has 3 amide bonds. The number of aromatic nitrogens is 1. The minimum Gasteiger partial charge on any atom is -0.446 e. The first kappa shape index (κ1) is 31.3. The average Bonchev–Trinajstić information content (AvgIpc) is 3.60. The summed E-state index contributed by atoms with van der Waals surface area (Å²) < 4.78 is 17.4. The van der Waals surface area contributed by atoms with E-state index in [1.807, 2.05) is 58.0 Å². The predicted molar refractivity (Wildman–Crippen MR) is 154 cm³/mol. The Morgan fingerprint density at radius 3 is 2.35 bits per heavy atom. The van der Waals surface area contributed by atoms with Crippen molar-refractivity contribution < 1.29 is 28.0 Å². The van der Waals surface area contributed by atoms with Crippen LogP contribution < -0.4 is 10.6 Å². The van der Waals surface area contributed by atoms with Crippen molar-refractivity contribution in [2.45, 2.75) is 91.0 Å². The Morgan fingerprint density at radius 2 is 1.77 bits per heavy atom. The third-order valence-electron chi connectivity index (χ3n) is 6.79. The molecule has 0 spiro atoms. The van der Waals surface area contributed by atoms with Gasteiger partial charge in [-0.05, 0) is 49.9 Å². The molecule has 11 heteroatoms. The summed E-state index contributed by atoms with van der Waals surface area (Å²) in [5.74, 6) is -0.336. The highest BCUT2D eigenvalue weighted by atomic mass is 28.4. The van der Waals surface area contributed by atoms with Crippen LogP contribution in [0.25, 0.3) is 0 Å². The Balaban J connectivity index is 1.71. The van der Waals surface area contributed by atoms with Crippen molar-refractivity contribution in [3.8, 4) is 0 Å². The Morgan fingerprint density at radius 1 is 1.07 bits per heavy atom. The van der Waals surface area contributed by atoms with Crippen molar-refractivity contribution in [3.63, 3.8) is 0 Å². The number of oxazole rings is 1. The normalized spacial score (nSPS) is 17.9. The van der Waals surface area contributed by atoms with E-state index < -0.39 is 38.6 Å². The van der Waals surface area contributed by atoms with Crippen LogP contribution in [0.3, 0.4) is 0 Å². The number of carbonyl (C=O) groups excluding carboxylic acids is 3. The lowest BCUT2D eigenvalue weighted by atomic mass is 9.97. The SMILES string of the molecule is CC(C)[C@H](NC(=O)[C@@H]1CCCN1C(=O)[C@@H](NC(=O)OCc1ccccc1)C(C)C)C(O[Si](C)(C)C)c1ncco1. The Bertz CT molecular complexity index is 1100. The first-order valence-electron chi connectivity index (χ1n) is 14.0. The van der Waals surface area contributed by atoms with Gasteiger partial charge in [-0.3, -0.25) is 9.59 Å². The summed E-state index contributed by atoms with van der Waals surface area (Å²) in [6, 6.07) is 7.43. The van der Waals surface area contributed by atoms with Gasteiger partial charge in [0.15, 0.2) is 8.32 Å². The first-order chi connectivity index (χ1) is 18.9. The molecular formula is C29H44N4O6Si. The molecule has 0 radical (unpaired) electrons. The molecule has 2 heterocycles. The van der Waals surface area contributed by atoms with Crippen molar-refractivity contribution in [1.29, 1.82) is 0 Å². The van der Waals surface area contributed by atoms with Gasteiger partial charge in [-0.1, -0.05) is 58.0 Å². The van der Waals surface area contributed by atoms with Crippen LogP contribution in [-0.2, 0) is 25.4 Å². The molecule has 0 saturated carbocycles. The number of amides is 3. The molecule has 1 fully saturated rings.